The third kappa shape index (κ3) is 5.74. The number of carboxylic acid groups (broad SMARTS) is 2. The van der Waals surface area contributed by atoms with E-state index in [4.69, 9.17) is 20.4 Å². The smallest absolute Gasteiger partial charge is 0.481 e. The molecule has 5 rings (SSSR count). The minimum Gasteiger partial charge on any atom is -0.481 e. The van der Waals surface area contributed by atoms with Crippen LogP contribution in [0.25, 0.3) is 5.78 Å². The molecule has 1 fully saturated rings. The second-order valence-electron chi connectivity index (χ2n) is 8.25. The lowest BCUT2D eigenvalue weighted by Crippen LogP contribution is -2.70. The number of nitrogens with one attached hydrogen (secondary N) is 1. The van der Waals surface area contributed by atoms with Gasteiger partial charge in [0.15, 0.2) is 10.8 Å². The Balaban J connectivity index is 1.35. The molecule has 2 aliphatic heterocycles. The van der Waals surface area contributed by atoms with Gasteiger partial charge in [-0.1, -0.05) is 5.16 Å². The molecule has 0 saturated carbocycles. The molecule has 5 N–H and O–H groups in total. The third-order valence-electron chi connectivity index (χ3n) is 5.62. The number of hydrogen-bond donors (Lipinski definition) is 4. The van der Waals surface area contributed by atoms with E-state index in [0.717, 1.165) is 11.3 Å². The SMILES string of the molecule is CO/N=C(\C(=O)N[C@@H]1C(=O)N2C(OC(=O)O)=C(CSc3cc(CC(=O)O)nc4ncnn34)CS[C@H]12)c1csc(N)n1. The van der Waals surface area contributed by atoms with Gasteiger partial charge in [-0.05, 0) is 6.07 Å². The largest absolute Gasteiger partial charge is 0.512 e. The second-order valence-corrected chi connectivity index (χ2v) is 11.2. The van der Waals surface area contributed by atoms with Gasteiger partial charge < -0.3 is 30.8 Å². The molecule has 0 radical (unpaired) electrons. The van der Waals surface area contributed by atoms with Crippen LogP contribution in [0.2, 0.25) is 0 Å². The van der Waals surface area contributed by atoms with E-state index in [-0.39, 0.29) is 51.8 Å². The molecule has 3 aromatic heterocycles. The average Bonchev–Trinajstić information content (AvgIpc) is 3.57. The fourth-order valence-corrected chi connectivity index (χ4v) is 6.97. The van der Waals surface area contributed by atoms with E-state index in [0.29, 0.717) is 10.6 Å². The number of aromatic nitrogens is 5. The molecule has 2 amide bonds. The fraction of sp³-hybridized carbons (Fsp3) is 0.286. The van der Waals surface area contributed by atoms with Crippen LogP contribution in [-0.4, -0.2) is 99.4 Å². The molecule has 2 atom stereocenters. The molecule has 17 nitrogen and oxygen atoms in total. The van der Waals surface area contributed by atoms with Crippen molar-refractivity contribution in [1.82, 2.24) is 34.8 Å². The average molecular weight is 622 g/mol. The molecule has 20 heteroatoms. The number of nitrogens with zero attached hydrogens (tertiary/aromatic N) is 7. The lowest BCUT2D eigenvalue weighted by atomic mass is 10.1. The van der Waals surface area contributed by atoms with Crippen LogP contribution in [0.3, 0.4) is 0 Å². The first-order valence-corrected chi connectivity index (χ1v) is 14.3. The number of fused-ring (bicyclic) bond motifs is 2. The molecule has 2 aliphatic rings. The summed E-state index contributed by atoms with van der Waals surface area (Å²) in [7, 11) is 1.25. The normalized spacial score (nSPS) is 18.6. The summed E-state index contributed by atoms with van der Waals surface area (Å²) in [5.41, 5.74) is 6.40. The van der Waals surface area contributed by atoms with E-state index < -0.39 is 35.4 Å². The van der Waals surface area contributed by atoms with Crippen molar-refractivity contribution in [3.63, 3.8) is 0 Å². The minimum absolute atomic E-state index is 0.156. The number of thiazole rings is 1. The Kier molecular flexibility index (Phi) is 7.94. The Morgan fingerprint density at radius 3 is 2.80 bits per heavy atom. The Labute approximate surface area is 241 Å². The number of nitrogen functional groups attached to an aromatic ring is 1. The summed E-state index contributed by atoms with van der Waals surface area (Å²) >= 11 is 3.61. The number of anilines is 1. The lowest BCUT2D eigenvalue weighted by molar-refractivity contribution is -0.148. The quantitative estimate of drug-likeness (QED) is 0.0592. The van der Waals surface area contributed by atoms with Gasteiger partial charge in [-0.25, -0.2) is 14.8 Å². The fourth-order valence-electron chi connectivity index (χ4n) is 3.95. The maximum absolute atomic E-state index is 13.1. The van der Waals surface area contributed by atoms with Crippen molar-refractivity contribution in [1.29, 1.82) is 0 Å². The van der Waals surface area contributed by atoms with Gasteiger partial charge in [0.05, 0.1) is 12.1 Å². The highest BCUT2D eigenvalue weighted by atomic mass is 32.2. The van der Waals surface area contributed by atoms with Gasteiger partial charge in [0.1, 0.15) is 35.6 Å². The highest BCUT2D eigenvalue weighted by Crippen LogP contribution is 2.42. The highest BCUT2D eigenvalue weighted by molar-refractivity contribution is 8.01. The number of thioether (sulfide) groups is 2. The molecule has 0 unspecified atom stereocenters. The number of aliphatic carboxylic acids is 1. The van der Waals surface area contributed by atoms with Crippen molar-refractivity contribution in [2.45, 2.75) is 22.9 Å². The van der Waals surface area contributed by atoms with Crippen molar-refractivity contribution < 1.29 is 39.0 Å². The Morgan fingerprint density at radius 2 is 2.12 bits per heavy atom. The molecule has 5 heterocycles. The standard InChI is InChI=1S/C21H19N9O8S3/c1-37-28-13(10-6-41-19(22)26-10)15(33)27-14-16(34)29-17(38-21(35)36)8(5-40-18(14)29)4-39-11-2-9(3-12(31)32)25-20-23-7-24-30(11)20/h2,6-7,14,18H,3-5H2,1H3,(H2,22,26)(H,27,33)(H,31,32)(H,35,36)/b28-13-/t14-,18-/m1/s1. The predicted octanol–water partition coefficient (Wildman–Crippen LogP) is 0.239. The van der Waals surface area contributed by atoms with Gasteiger partial charge in [0, 0.05) is 22.5 Å². The van der Waals surface area contributed by atoms with Crippen LogP contribution in [0.5, 0.6) is 0 Å². The molecule has 41 heavy (non-hydrogen) atoms. The number of rotatable bonds is 10. The van der Waals surface area contributed by atoms with Crippen molar-refractivity contribution in [3.8, 4) is 0 Å². The van der Waals surface area contributed by atoms with Gasteiger partial charge in [0.2, 0.25) is 5.88 Å². The van der Waals surface area contributed by atoms with E-state index in [2.05, 4.69) is 30.5 Å². The highest BCUT2D eigenvalue weighted by Gasteiger charge is 2.54. The molecule has 0 bridgehead atoms. The number of carbonyl (C=O) groups excluding carboxylic acids is 2. The van der Waals surface area contributed by atoms with Crippen LogP contribution in [0, 0.1) is 0 Å². The lowest BCUT2D eigenvalue weighted by Gasteiger charge is -2.49. The summed E-state index contributed by atoms with van der Waals surface area (Å²) in [6, 6.07) is 0.549. The van der Waals surface area contributed by atoms with Crippen molar-refractivity contribution >= 4 is 75.4 Å². The van der Waals surface area contributed by atoms with Gasteiger partial charge in [-0.2, -0.15) is 14.6 Å². The first kappa shape index (κ1) is 28.1. The zero-order valence-corrected chi connectivity index (χ0v) is 23.2. The number of nitrogens with two attached hydrogens (primary N) is 1. The Bertz CT molecular complexity index is 1620. The van der Waals surface area contributed by atoms with Gasteiger partial charge in [-0.15, -0.1) is 34.9 Å². The number of oxime groups is 1. The third-order valence-corrected chi connectivity index (χ3v) is 8.72. The predicted molar refractivity (Wildman–Crippen MR) is 144 cm³/mol. The van der Waals surface area contributed by atoms with E-state index >= 15 is 0 Å². The summed E-state index contributed by atoms with van der Waals surface area (Å²) in [5, 5.41) is 30.5. The number of ether oxygens (including phenoxy) is 1. The molecular weight excluding hydrogens is 602 g/mol. The van der Waals surface area contributed by atoms with Crippen molar-refractivity contribution in [3.05, 3.63) is 40.6 Å². The van der Waals surface area contributed by atoms with Gasteiger partial charge in [0.25, 0.3) is 17.6 Å². The zero-order valence-electron chi connectivity index (χ0n) is 20.8. The number of carbonyl (C=O) groups is 4. The van der Waals surface area contributed by atoms with Crippen LogP contribution < -0.4 is 11.1 Å². The molecular formula is C21H19N9O8S3. The topological polar surface area (TPSA) is 237 Å². The molecule has 0 spiro atoms. The number of amides is 2. The van der Waals surface area contributed by atoms with E-state index in [1.54, 1.807) is 6.07 Å². The van der Waals surface area contributed by atoms with Gasteiger partial charge >= 0.3 is 12.1 Å². The number of hydrogen-bond acceptors (Lipinski definition) is 15. The maximum atomic E-state index is 13.1. The maximum Gasteiger partial charge on any atom is 0.512 e. The monoisotopic (exact) mass is 621 g/mol. The van der Waals surface area contributed by atoms with E-state index in [9.17, 15) is 24.3 Å². The summed E-state index contributed by atoms with van der Waals surface area (Å²) in [6.45, 7) is 0. The first-order valence-electron chi connectivity index (χ1n) is 11.4. The Hall–Kier alpha value is -4.43. The van der Waals surface area contributed by atoms with E-state index in [1.165, 1.54) is 51.8 Å². The van der Waals surface area contributed by atoms with Gasteiger partial charge in [-0.3, -0.25) is 19.3 Å². The van der Waals surface area contributed by atoms with Crippen molar-refractivity contribution in [2.24, 2.45) is 5.16 Å². The number of β-lactam (4-membered cyclic amide) rings is 1. The summed E-state index contributed by atoms with van der Waals surface area (Å²) in [6.07, 6.45) is -0.669. The van der Waals surface area contributed by atoms with Crippen LogP contribution in [0.4, 0.5) is 9.93 Å². The molecule has 0 aromatic carbocycles. The minimum atomic E-state index is -1.62. The Morgan fingerprint density at radius 1 is 1.32 bits per heavy atom. The van der Waals surface area contributed by atoms with Crippen molar-refractivity contribution in [2.75, 3.05) is 24.3 Å². The van der Waals surface area contributed by atoms with E-state index in [1.807, 2.05) is 0 Å². The molecule has 214 valence electrons. The van der Waals surface area contributed by atoms with Crippen LogP contribution in [0.1, 0.15) is 11.4 Å². The van der Waals surface area contributed by atoms with Crippen LogP contribution in [0.15, 0.2) is 39.4 Å². The molecule has 1 saturated heterocycles. The number of carboxylic acids is 1. The summed E-state index contributed by atoms with van der Waals surface area (Å²) < 4.78 is 6.45. The van der Waals surface area contributed by atoms with Crippen LogP contribution >= 0.6 is 34.9 Å². The molecule has 0 aliphatic carbocycles. The molecule has 3 aromatic rings. The summed E-state index contributed by atoms with van der Waals surface area (Å²) in [5.74, 6) is -1.90. The van der Waals surface area contributed by atoms with Crippen LogP contribution in [-0.2, 0) is 30.4 Å². The first-order chi connectivity index (χ1) is 19.7. The second kappa shape index (κ2) is 11.6. The zero-order chi connectivity index (χ0) is 29.3. The summed E-state index contributed by atoms with van der Waals surface area (Å²) in [4.78, 5) is 66.9.